The Hall–Kier alpha value is -8.20. The van der Waals surface area contributed by atoms with E-state index in [-0.39, 0.29) is 0 Å². The average Bonchev–Trinajstić information content (AvgIpc) is 3.70. The van der Waals surface area contributed by atoms with E-state index >= 15 is 0 Å². The quantitative estimate of drug-likeness (QED) is 0.141. The van der Waals surface area contributed by atoms with Gasteiger partial charge in [0, 0.05) is 33.4 Å². The van der Waals surface area contributed by atoms with E-state index in [1.807, 2.05) is 0 Å². The molecule has 0 atom stereocenters. The third kappa shape index (κ3) is 6.84. The van der Waals surface area contributed by atoms with Gasteiger partial charge in [0.25, 0.3) is 0 Å². The van der Waals surface area contributed by atoms with Crippen LogP contribution in [0, 0.1) is 0 Å². The maximum absolute atomic E-state index is 2.41. The molecule has 0 saturated heterocycles. The van der Waals surface area contributed by atoms with Crippen LogP contribution < -0.4 is 4.90 Å². The van der Waals surface area contributed by atoms with Crippen LogP contribution in [0.25, 0.3) is 83.1 Å². The number of rotatable bonds is 9. The monoisotopic (exact) mass is 790 g/mol. The van der Waals surface area contributed by atoms with Crippen LogP contribution in [0.3, 0.4) is 0 Å². The zero-order valence-corrected chi connectivity index (χ0v) is 34.1. The highest BCUT2D eigenvalue weighted by Gasteiger charge is 2.17. The van der Waals surface area contributed by atoms with Gasteiger partial charge >= 0.3 is 0 Å². The molecule has 2 nitrogen and oxygen atoms in total. The number of anilines is 3. The molecule has 1 aromatic heterocycles. The van der Waals surface area contributed by atoms with E-state index in [4.69, 9.17) is 0 Å². The lowest BCUT2D eigenvalue weighted by Gasteiger charge is -2.26. The third-order valence-corrected chi connectivity index (χ3v) is 12.1. The summed E-state index contributed by atoms with van der Waals surface area (Å²) in [6, 6.07) is 91.9. The van der Waals surface area contributed by atoms with E-state index in [0.717, 1.165) is 17.1 Å². The molecule has 0 fully saturated rings. The molecule has 0 unspecified atom stereocenters. The Balaban J connectivity index is 0.926. The van der Waals surface area contributed by atoms with E-state index in [1.54, 1.807) is 0 Å². The molecule has 10 aromatic carbocycles. The summed E-state index contributed by atoms with van der Waals surface area (Å²) in [5, 5.41) is 2.53. The van der Waals surface area contributed by atoms with E-state index in [9.17, 15) is 0 Å². The maximum atomic E-state index is 2.41. The Labute approximate surface area is 362 Å². The zero-order chi connectivity index (χ0) is 41.2. The zero-order valence-electron chi connectivity index (χ0n) is 34.1. The minimum Gasteiger partial charge on any atom is -0.311 e. The van der Waals surface area contributed by atoms with Gasteiger partial charge < -0.3 is 9.47 Å². The molecule has 0 saturated carbocycles. The number of fused-ring (bicyclic) bond motifs is 3. The van der Waals surface area contributed by atoms with Crippen molar-refractivity contribution in [3.8, 4) is 61.3 Å². The van der Waals surface area contributed by atoms with Crippen LogP contribution >= 0.6 is 0 Å². The molecule has 1 heterocycles. The molecule has 62 heavy (non-hydrogen) atoms. The van der Waals surface area contributed by atoms with Crippen molar-refractivity contribution in [2.45, 2.75) is 0 Å². The largest absolute Gasteiger partial charge is 0.311 e. The van der Waals surface area contributed by atoms with Gasteiger partial charge in [0.15, 0.2) is 0 Å². The highest BCUT2D eigenvalue weighted by atomic mass is 15.1. The second-order valence-electron chi connectivity index (χ2n) is 15.7. The van der Waals surface area contributed by atoms with Crippen molar-refractivity contribution >= 4 is 38.9 Å². The van der Waals surface area contributed by atoms with Crippen molar-refractivity contribution in [3.05, 3.63) is 255 Å². The first-order valence-electron chi connectivity index (χ1n) is 21.3. The van der Waals surface area contributed by atoms with Gasteiger partial charge in [-0.1, -0.05) is 200 Å². The average molecular weight is 791 g/mol. The molecule has 0 bridgehead atoms. The lowest BCUT2D eigenvalue weighted by Crippen LogP contribution is -2.09. The summed E-state index contributed by atoms with van der Waals surface area (Å²) in [7, 11) is 0. The first kappa shape index (κ1) is 36.8. The number of hydrogen-bond donors (Lipinski definition) is 0. The SMILES string of the molecule is c1ccc(-c2ccc(N(c3ccc(-c4ccc(-c5ccccc5-n5c6ccccc6c6ccccc65)cc4)cc3)c3ccc(-c4ccccc4-c4ccccc4)cc3)cc2)cc1. The van der Waals surface area contributed by atoms with Gasteiger partial charge in [0.1, 0.15) is 0 Å². The minimum atomic E-state index is 1.09. The molecule has 0 aliphatic carbocycles. The molecule has 0 radical (unpaired) electrons. The van der Waals surface area contributed by atoms with Gasteiger partial charge in [-0.15, -0.1) is 0 Å². The van der Waals surface area contributed by atoms with Gasteiger partial charge in [0.05, 0.1) is 16.7 Å². The molecule has 0 spiro atoms. The molecule has 0 amide bonds. The summed E-state index contributed by atoms with van der Waals surface area (Å²) in [6.07, 6.45) is 0. The van der Waals surface area contributed by atoms with Crippen LogP contribution in [0.2, 0.25) is 0 Å². The second-order valence-corrected chi connectivity index (χ2v) is 15.7. The van der Waals surface area contributed by atoms with Gasteiger partial charge in [0.2, 0.25) is 0 Å². The molecule has 11 aromatic rings. The predicted octanol–water partition coefficient (Wildman–Crippen LogP) is 16.6. The van der Waals surface area contributed by atoms with Crippen molar-refractivity contribution in [1.29, 1.82) is 0 Å². The number of aromatic nitrogens is 1. The van der Waals surface area contributed by atoms with Gasteiger partial charge in [-0.05, 0) is 105 Å². The highest BCUT2D eigenvalue weighted by Crippen LogP contribution is 2.40. The normalized spacial score (nSPS) is 11.2. The van der Waals surface area contributed by atoms with E-state index < -0.39 is 0 Å². The van der Waals surface area contributed by atoms with E-state index in [0.29, 0.717) is 0 Å². The molecule has 2 heteroatoms. The van der Waals surface area contributed by atoms with Crippen LogP contribution in [-0.2, 0) is 0 Å². The second kappa shape index (κ2) is 16.1. The van der Waals surface area contributed by atoms with Crippen LogP contribution in [0.15, 0.2) is 255 Å². The summed E-state index contributed by atoms with van der Waals surface area (Å²) in [4.78, 5) is 2.35. The smallest absolute Gasteiger partial charge is 0.0541 e. The van der Waals surface area contributed by atoms with Crippen LogP contribution in [0.5, 0.6) is 0 Å². The van der Waals surface area contributed by atoms with Crippen molar-refractivity contribution < 1.29 is 0 Å². The Kier molecular flexibility index (Phi) is 9.57. The number of para-hydroxylation sites is 3. The summed E-state index contributed by atoms with van der Waals surface area (Å²) in [5.74, 6) is 0. The Morgan fingerprint density at radius 2 is 0.532 bits per heavy atom. The summed E-state index contributed by atoms with van der Waals surface area (Å²) < 4.78 is 2.41. The summed E-state index contributed by atoms with van der Waals surface area (Å²) in [6.45, 7) is 0. The predicted molar refractivity (Wildman–Crippen MR) is 263 cm³/mol. The first-order valence-corrected chi connectivity index (χ1v) is 21.3. The van der Waals surface area contributed by atoms with Crippen molar-refractivity contribution in [2.75, 3.05) is 4.90 Å². The fourth-order valence-corrected chi connectivity index (χ4v) is 9.02. The van der Waals surface area contributed by atoms with Gasteiger partial charge in [-0.25, -0.2) is 0 Å². The molecular formula is C60H42N2. The summed E-state index contributed by atoms with van der Waals surface area (Å²) >= 11 is 0. The topological polar surface area (TPSA) is 8.17 Å². The molecule has 292 valence electrons. The van der Waals surface area contributed by atoms with E-state index in [1.165, 1.54) is 83.1 Å². The summed E-state index contributed by atoms with van der Waals surface area (Å²) in [5.41, 5.74) is 18.9. The van der Waals surface area contributed by atoms with Crippen molar-refractivity contribution in [1.82, 2.24) is 4.57 Å². The lowest BCUT2D eigenvalue weighted by molar-refractivity contribution is 1.18. The van der Waals surface area contributed by atoms with Crippen molar-refractivity contribution in [3.63, 3.8) is 0 Å². The number of nitrogens with zero attached hydrogens (tertiary/aromatic N) is 2. The number of hydrogen-bond acceptors (Lipinski definition) is 1. The molecule has 0 aliphatic heterocycles. The first-order chi connectivity index (χ1) is 30.8. The molecule has 0 aliphatic rings. The standard InChI is InChI=1S/C60H42N2/c1-3-15-43(16-4-1)45-31-37-50(38-32-45)61(52-41-35-48(36-42-52)54-20-8-7-19-53(54)47-17-5-2-6-18-47)51-39-33-46(34-40-51)44-27-29-49(30-28-44)55-21-9-12-24-58(55)62-59-25-13-10-22-56(59)57-23-11-14-26-60(57)62/h1-42H. The molecular weight excluding hydrogens is 749 g/mol. The van der Waals surface area contributed by atoms with Crippen LogP contribution in [-0.4, -0.2) is 4.57 Å². The highest BCUT2D eigenvalue weighted by molar-refractivity contribution is 6.09. The fraction of sp³-hybridized carbons (Fsp3) is 0. The van der Waals surface area contributed by atoms with Crippen molar-refractivity contribution in [2.24, 2.45) is 0 Å². The van der Waals surface area contributed by atoms with Gasteiger partial charge in [-0.3, -0.25) is 0 Å². The van der Waals surface area contributed by atoms with Crippen LogP contribution in [0.1, 0.15) is 0 Å². The number of benzene rings is 10. The third-order valence-electron chi connectivity index (χ3n) is 12.1. The maximum Gasteiger partial charge on any atom is 0.0541 e. The van der Waals surface area contributed by atoms with E-state index in [2.05, 4.69) is 264 Å². The molecule has 11 rings (SSSR count). The van der Waals surface area contributed by atoms with Gasteiger partial charge in [-0.2, -0.15) is 0 Å². The Morgan fingerprint density at radius 1 is 0.226 bits per heavy atom. The fourth-order valence-electron chi connectivity index (χ4n) is 9.02. The minimum absolute atomic E-state index is 1.09. The molecule has 0 N–H and O–H groups in total. The van der Waals surface area contributed by atoms with Crippen LogP contribution in [0.4, 0.5) is 17.1 Å². The Bertz CT molecular complexity index is 3240. The Morgan fingerprint density at radius 3 is 1.03 bits per heavy atom. The lowest BCUT2D eigenvalue weighted by atomic mass is 9.94.